The maximum atomic E-state index is 11.7. The Kier molecular flexibility index (Phi) is 3.62. The van der Waals surface area contributed by atoms with Gasteiger partial charge in [-0.3, -0.25) is 4.79 Å². The Morgan fingerprint density at radius 1 is 1.50 bits per heavy atom. The van der Waals surface area contributed by atoms with Crippen LogP contribution in [-0.4, -0.2) is 59.4 Å². The lowest BCUT2D eigenvalue weighted by Gasteiger charge is -2.30. The highest BCUT2D eigenvalue weighted by molar-refractivity contribution is 7.88. The maximum absolute atomic E-state index is 11.7. The van der Waals surface area contributed by atoms with Gasteiger partial charge in [0.25, 0.3) is 5.91 Å². The molecule has 0 atom stereocenters. The lowest BCUT2D eigenvalue weighted by molar-refractivity contribution is 0.0919. The average molecular weight is 273 g/mol. The Hall–Kier alpha value is -1.48. The Labute approximate surface area is 105 Å². The molecule has 100 valence electrons. The number of hydrogen-bond acceptors (Lipinski definition) is 5. The lowest BCUT2D eigenvalue weighted by atomic mass is 10.1. The topological polar surface area (TPSA) is 108 Å². The molecule has 0 unspecified atom stereocenters. The number of hydrogen-bond donors (Lipinski definition) is 2. The van der Waals surface area contributed by atoms with Crippen LogP contribution in [0.2, 0.25) is 0 Å². The Bertz CT molecular complexity index is 504. The van der Waals surface area contributed by atoms with E-state index in [0.717, 1.165) is 0 Å². The predicted molar refractivity (Wildman–Crippen MR) is 63.3 cm³/mol. The molecule has 1 aliphatic heterocycles. The van der Waals surface area contributed by atoms with E-state index in [1.54, 1.807) is 0 Å². The molecule has 0 aromatic carbocycles. The highest BCUT2D eigenvalue weighted by Crippen LogP contribution is 2.13. The molecule has 1 aromatic heterocycles. The predicted octanol–water partition coefficient (Wildman–Crippen LogP) is -1.04. The molecule has 2 rings (SSSR count). The van der Waals surface area contributed by atoms with E-state index < -0.39 is 10.0 Å². The molecule has 18 heavy (non-hydrogen) atoms. The van der Waals surface area contributed by atoms with Crippen molar-refractivity contribution in [3.8, 4) is 0 Å². The monoisotopic (exact) mass is 273 g/mol. The third-order valence-corrected chi connectivity index (χ3v) is 4.21. The zero-order valence-corrected chi connectivity index (χ0v) is 10.8. The quantitative estimate of drug-likeness (QED) is 0.731. The van der Waals surface area contributed by atoms with Crippen molar-refractivity contribution in [3.05, 3.63) is 11.9 Å². The first-order valence-corrected chi connectivity index (χ1v) is 7.43. The fraction of sp³-hybridized carbons (Fsp3) is 0.667. The number of aromatic nitrogens is 3. The van der Waals surface area contributed by atoms with Crippen LogP contribution < -0.4 is 5.32 Å². The van der Waals surface area contributed by atoms with Crippen molar-refractivity contribution >= 4 is 15.9 Å². The molecule has 0 spiro atoms. The summed E-state index contributed by atoms with van der Waals surface area (Å²) in [6.07, 6.45) is 3.76. The summed E-state index contributed by atoms with van der Waals surface area (Å²) in [5.74, 6) is -0.290. The minimum atomic E-state index is -3.13. The number of carbonyl (C=O) groups excluding carboxylic acids is 1. The van der Waals surface area contributed by atoms with Crippen LogP contribution in [0.1, 0.15) is 23.3 Å². The number of amides is 1. The number of piperidine rings is 1. The molecule has 8 nitrogen and oxygen atoms in total. The third kappa shape index (κ3) is 3.05. The molecular formula is C9H15N5O3S. The van der Waals surface area contributed by atoms with E-state index in [2.05, 4.69) is 20.7 Å². The number of nitrogens with one attached hydrogen (secondary N) is 2. The molecular weight excluding hydrogens is 258 g/mol. The van der Waals surface area contributed by atoms with Gasteiger partial charge in [-0.1, -0.05) is 0 Å². The number of carbonyl (C=O) groups is 1. The Morgan fingerprint density at radius 2 is 2.17 bits per heavy atom. The number of rotatable bonds is 3. The van der Waals surface area contributed by atoms with Crippen LogP contribution in [0, 0.1) is 0 Å². The van der Waals surface area contributed by atoms with Crippen LogP contribution in [0.25, 0.3) is 0 Å². The fourth-order valence-corrected chi connectivity index (χ4v) is 2.78. The Balaban J connectivity index is 1.86. The summed E-state index contributed by atoms with van der Waals surface area (Å²) in [4.78, 5) is 11.7. The normalized spacial score (nSPS) is 18.7. The molecule has 1 amide bonds. The summed E-state index contributed by atoms with van der Waals surface area (Å²) in [5.41, 5.74) is 0.237. The highest BCUT2D eigenvalue weighted by atomic mass is 32.2. The summed E-state index contributed by atoms with van der Waals surface area (Å²) < 4.78 is 24.1. The number of sulfonamides is 1. The van der Waals surface area contributed by atoms with Gasteiger partial charge >= 0.3 is 0 Å². The average Bonchev–Trinajstić information content (AvgIpc) is 2.82. The van der Waals surface area contributed by atoms with E-state index in [1.807, 2.05) is 0 Å². The van der Waals surface area contributed by atoms with Crippen LogP contribution in [-0.2, 0) is 10.0 Å². The smallest absolute Gasteiger partial charge is 0.273 e. The van der Waals surface area contributed by atoms with Crippen molar-refractivity contribution in [1.29, 1.82) is 0 Å². The summed E-state index contributed by atoms with van der Waals surface area (Å²) in [6.45, 7) is 0.866. The van der Waals surface area contributed by atoms with Gasteiger partial charge in [0.15, 0.2) is 5.69 Å². The molecule has 1 fully saturated rings. The van der Waals surface area contributed by atoms with E-state index in [-0.39, 0.29) is 17.6 Å². The first kappa shape index (κ1) is 13.0. The second-order valence-corrected chi connectivity index (χ2v) is 6.25. The van der Waals surface area contributed by atoms with E-state index >= 15 is 0 Å². The van der Waals surface area contributed by atoms with E-state index in [0.29, 0.717) is 25.9 Å². The van der Waals surface area contributed by atoms with Gasteiger partial charge in [0, 0.05) is 19.1 Å². The number of aromatic amines is 1. The molecule has 1 saturated heterocycles. The van der Waals surface area contributed by atoms with Gasteiger partial charge in [0.2, 0.25) is 10.0 Å². The second-order valence-electron chi connectivity index (χ2n) is 4.27. The van der Waals surface area contributed by atoms with Crippen molar-refractivity contribution in [2.75, 3.05) is 19.3 Å². The molecule has 0 aliphatic carbocycles. The molecule has 0 radical (unpaired) electrons. The van der Waals surface area contributed by atoms with Gasteiger partial charge in [0.1, 0.15) is 0 Å². The van der Waals surface area contributed by atoms with Crippen LogP contribution in [0.4, 0.5) is 0 Å². The van der Waals surface area contributed by atoms with Crippen molar-refractivity contribution in [1.82, 2.24) is 25.0 Å². The minimum absolute atomic E-state index is 0.0211. The van der Waals surface area contributed by atoms with Crippen molar-refractivity contribution < 1.29 is 13.2 Å². The van der Waals surface area contributed by atoms with Crippen LogP contribution in [0.3, 0.4) is 0 Å². The molecule has 2 N–H and O–H groups in total. The van der Waals surface area contributed by atoms with Crippen molar-refractivity contribution in [2.24, 2.45) is 0 Å². The molecule has 2 heterocycles. The lowest BCUT2D eigenvalue weighted by Crippen LogP contribution is -2.46. The van der Waals surface area contributed by atoms with Gasteiger partial charge in [0.05, 0.1) is 12.5 Å². The van der Waals surface area contributed by atoms with E-state index in [9.17, 15) is 13.2 Å². The largest absolute Gasteiger partial charge is 0.348 e. The first-order chi connectivity index (χ1) is 8.47. The fourth-order valence-electron chi connectivity index (χ4n) is 1.90. The van der Waals surface area contributed by atoms with Gasteiger partial charge in [-0.15, -0.1) is 0 Å². The zero-order valence-electron chi connectivity index (χ0n) is 9.96. The molecule has 0 saturated carbocycles. The summed E-state index contributed by atoms with van der Waals surface area (Å²) in [7, 11) is -3.13. The standard InChI is InChI=1S/C9H15N5O3S/c1-18(16,17)14-4-2-7(3-5-14)11-9(15)8-6-10-13-12-8/h6-7H,2-5H2,1H3,(H,11,15)(H,10,12,13). The molecule has 9 heteroatoms. The second kappa shape index (κ2) is 5.02. The van der Waals surface area contributed by atoms with Crippen LogP contribution in [0.5, 0.6) is 0 Å². The van der Waals surface area contributed by atoms with Crippen molar-refractivity contribution in [3.63, 3.8) is 0 Å². The Morgan fingerprint density at radius 3 is 2.67 bits per heavy atom. The van der Waals surface area contributed by atoms with E-state index in [1.165, 1.54) is 16.8 Å². The van der Waals surface area contributed by atoms with Crippen LogP contribution in [0.15, 0.2) is 6.20 Å². The number of nitrogens with zero attached hydrogens (tertiary/aromatic N) is 3. The van der Waals surface area contributed by atoms with Gasteiger partial charge in [-0.05, 0) is 12.8 Å². The highest BCUT2D eigenvalue weighted by Gasteiger charge is 2.26. The summed E-state index contributed by atoms with van der Waals surface area (Å²) >= 11 is 0. The third-order valence-electron chi connectivity index (χ3n) is 2.91. The molecule has 1 aliphatic rings. The zero-order chi connectivity index (χ0) is 13.2. The number of H-pyrrole nitrogens is 1. The van der Waals surface area contributed by atoms with Gasteiger partial charge < -0.3 is 5.32 Å². The minimum Gasteiger partial charge on any atom is -0.348 e. The summed E-state index contributed by atoms with van der Waals surface area (Å²) in [5, 5.41) is 12.4. The van der Waals surface area contributed by atoms with Crippen molar-refractivity contribution in [2.45, 2.75) is 18.9 Å². The van der Waals surface area contributed by atoms with Gasteiger partial charge in [-0.25, -0.2) is 12.7 Å². The van der Waals surface area contributed by atoms with Crippen LogP contribution >= 0.6 is 0 Å². The maximum Gasteiger partial charge on any atom is 0.273 e. The first-order valence-electron chi connectivity index (χ1n) is 5.58. The SMILES string of the molecule is CS(=O)(=O)N1CCC(NC(=O)c2cn[nH]n2)CC1. The summed E-state index contributed by atoms with van der Waals surface area (Å²) in [6, 6.07) is -0.0211. The van der Waals surface area contributed by atoms with E-state index in [4.69, 9.17) is 0 Å². The van der Waals surface area contributed by atoms with Gasteiger partial charge in [-0.2, -0.15) is 15.4 Å². The molecule has 0 bridgehead atoms. The molecule has 1 aromatic rings.